The van der Waals surface area contributed by atoms with E-state index in [9.17, 15) is 37.2 Å². The molecule has 0 bridgehead atoms. The standard InChI is InChI=1S/C22H14O8S/c1-9(23)17-19(25)13-5-3-11(7-15(13)21(17)27)31(29,30)12-4-6-14-16(8-12)22(28)18(10(2)24)20(14)26/h3-8,17-18H,1-2H3. The number of Topliss-reactive ketones (excluding diaryl/α,β-unsaturated/α-hetero) is 6. The van der Waals surface area contributed by atoms with Gasteiger partial charge in [-0.1, -0.05) is 0 Å². The molecule has 0 saturated heterocycles. The van der Waals surface area contributed by atoms with Gasteiger partial charge in [0.15, 0.2) is 23.1 Å². The number of benzene rings is 2. The Balaban J connectivity index is 1.79. The van der Waals surface area contributed by atoms with E-state index in [2.05, 4.69) is 0 Å². The Morgan fingerprint density at radius 2 is 0.935 bits per heavy atom. The van der Waals surface area contributed by atoms with Gasteiger partial charge in [-0.3, -0.25) is 28.8 Å². The summed E-state index contributed by atoms with van der Waals surface area (Å²) in [5.41, 5.74) is -0.364. The highest BCUT2D eigenvalue weighted by Gasteiger charge is 2.43. The molecule has 2 aromatic carbocycles. The van der Waals surface area contributed by atoms with E-state index in [0.717, 1.165) is 38.1 Å². The Kier molecular flexibility index (Phi) is 4.48. The quantitative estimate of drug-likeness (QED) is 0.658. The van der Waals surface area contributed by atoms with E-state index in [1.807, 2.05) is 0 Å². The van der Waals surface area contributed by atoms with Gasteiger partial charge in [-0.15, -0.1) is 0 Å². The van der Waals surface area contributed by atoms with Crippen LogP contribution < -0.4 is 0 Å². The molecule has 0 radical (unpaired) electrons. The Morgan fingerprint density at radius 1 is 0.613 bits per heavy atom. The molecule has 2 aromatic rings. The van der Waals surface area contributed by atoms with Crippen LogP contribution in [0.1, 0.15) is 55.3 Å². The Morgan fingerprint density at radius 3 is 1.26 bits per heavy atom. The number of hydrogen-bond donors (Lipinski definition) is 0. The smallest absolute Gasteiger partial charge is 0.206 e. The lowest BCUT2D eigenvalue weighted by atomic mass is 10.00. The number of rotatable bonds is 4. The van der Waals surface area contributed by atoms with Crippen molar-refractivity contribution in [3.63, 3.8) is 0 Å². The van der Waals surface area contributed by atoms with Gasteiger partial charge in [0.2, 0.25) is 9.84 Å². The molecule has 0 N–H and O–H groups in total. The maximum Gasteiger partial charge on any atom is 0.206 e. The lowest BCUT2D eigenvalue weighted by molar-refractivity contribution is -0.119. The molecule has 0 saturated carbocycles. The number of hydrogen-bond acceptors (Lipinski definition) is 8. The summed E-state index contributed by atoms with van der Waals surface area (Å²) in [7, 11) is -4.24. The maximum atomic E-state index is 13.1. The van der Waals surface area contributed by atoms with Gasteiger partial charge in [-0.05, 0) is 50.2 Å². The molecule has 0 fully saturated rings. The van der Waals surface area contributed by atoms with Crippen molar-refractivity contribution in [3.8, 4) is 0 Å². The summed E-state index contributed by atoms with van der Waals surface area (Å²) < 4.78 is 26.2. The van der Waals surface area contributed by atoms with E-state index in [4.69, 9.17) is 0 Å². The third-order valence-electron chi connectivity index (χ3n) is 5.53. The van der Waals surface area contributed by atoms with E-state index < -0.39 is 56.4 Å². The zero-order valence-corrected chi connectivity index (χ0v) is 17.1. The maximum absolute atomic E-state index is 13.1. The molecule has 9 heteroatoms. The fourth-order valence-electron chi connectivity index (χ4n) is 3.95. The molecule has 0 heterocycles. The molecule has 4 rings (SSSR count). The first kappa shape index (κ1) is 20.7. The van der Waals surface area contributed by atoms with Crippen molar-refractivity contribution in [1.82, 2.24) is 0 Å². The lowest BCUT2D eigenvalue weighted by Gasteiger charge is -2.07. The van der Waals surface area contributed by atoms with Crippen LogP contribution >= 0.6 is 0 Å². The van der Waals surface area contributed by atoms with Gasteiger partial charge in [0, 0.05) is 22.3 Å². The second-order valence-corrected chi connectivity index (χ2v) is 9.41. The van der Waals surface area contributed by atoms with Crippen LogP contribution in [0.2, 0.25) is 0 Å². The van der Waals surface area contributed by atoms with Crippen molar-refractivity contribution in [2.45, 2.75) is 23.6 Å². The highest BCUT2D eigenvalue weighted by atomic mass is 32.2. The number of carbonyl (C=O) groups excluding carboxylic acids is 6. The summed E-state index contributed by atoms with van der Waals surface area (Å²) >= 11 is 0. The molecule has 31 heavy (non-hydrogen) atoms. The van der Waals surface area contributed by atoms with E-state index in [1.165, 1.54) is 12.1 Å². The van der Waals surface area contributed by atoms with Crippen LogP contribution in [-0.4, -0.2) is 43.1 Å². The van der Waals surface area contributed by atoms with E-state index in [1.54, 1.807) is 0 Å². The van der Waals surface area contributed by atoms with Crippen LogP contribution in [0.5, 0.6) is 0 Å². The largest absolute Gasteiger partial charge is 0.299 e. The Bertz CT molecular complexity index is 1280. The topological polar surface area (TPSA) is 137 Å². The second kappa shape index (κ2) is 6.71. The zero-order valence-electron chi connectivity index (χ0n) is 16.3. The minimum Gasteiger partial charge on any atom is -0.299 e. The van der Waals surface area contributed by atoms with Crippen LogP contribution in [0.4, 0.5) is 0 Å². The van der Waals surface area contributed by atoms with E-state index in [-0.39, 0.29) is 32.0 Å². The molecule has 8 nitrogen and oxygen atoms in total. The van der Waals surface area contributed by atoms with Gasteiger partial charge < -0.3 is 0 Å². The van der Waals surface area contributed by atoms with Crippen LogP contribution in [0.25, 0.3) is 0 Å². The fourth-order valence-corrected chi connectivity index (χ4v) is 5.27. The highest BCUT2D eigenvalue weighted by molar-refractivity contribution is 7.91. The normalized spacial score (nSPS) is 20.1. The molecule has 0 aromatic heterocycles. The van der Waals surface area contributed by atoms with E-state index >= 15 is 0 Å². The minimum absolute atomic E-state index is 0.0248. The first-order chi connectivity index (χ1) is 14.5. The van der Waals surface area contributed by atoms with Gasteiger partial charge in [0.05, 0.1) is 9.79 Å². The summed E-state index contributed by atoms with van der Waals surface area (Å²) in [5.74, 6) is -7.07. The van der Waals surface area contributed by atoms with Gasteiger partial charge in [0.1, 0.15) is 23.4 Å². The minimum atomic E-state index is -4.24. The number of carbonyl (C=O) groups is 6. The molecule has 0 amide bonds. The third kappa shape index (κ3) is 2.84. The summed E-state index contributed by atoms with van der Waals surface area (Å²) in [6.45, 7) is 2.22. The first-order valence-electron chi connectivity index (χ1n) is 9.17. The van der Waals surface area contributed by atoms with Crippen molar-refractivity contribution in [1.29, 1.82) is 0 Å². The number of ketones is 6. The predicted octanol–water partition coefficient (Wildman–Crippen LogP) is 1.69. The lowest BCUT2D eigenvalue weighted by Crippen LogP contribution is -2.22. The summed E-state index contributed by atoms with van der Waals surface area (Å²) in [5, 5.41) is 0. The SMILES string of the molecule is CC(=O)C1C(=O)c2ccc(S(=O)(=O)c3ccc4c(c3)C(=O)C(C(C)=O)C4=O)cc2C1=O. The Hall–Kier alpha value is -3.59. The average molecular weight is 438 g/mol. The van der Waals surface area contributed by atoms with Crippen molar-refractivity contribution in [2.75, 3.05) is 0 Å². The molecular formula is C22H14O8S. The molecule has 0 aliphatic heterocycles. The van der Waals surface area contributed by atoms with Crippen molar-refractivity contribution < 1.29 is 37.2 Å². The summed E-state index contributed by atoms with van der Waals surface area (Å²) in [4.78, 5) is 72.1. The molecule has 156 valence electrons. The first-order valence-corrected chi connectivity index (χ1v) is 10.7. The van der Waals surface area contributed by atoms with Crippen LogP contribution in [0, 0.1) is 11.8 Å². The molecule has 2 aliphatic carbocycles. The van der Waals surface area contributed by atoms with Gasteiger partial charge in [-0.2, -0.15) is 0 Å². The van der Waals surface area contributed by atoms with Crippen molar-refractivity contribution >= 4 is 44.5 Å². The van der Waals surface area contributed by atoms with Crippen LogP contribution in [-0.2, 0) is 19.4 Å². The summed E-state index contributed by atoms with van der Waals surface area (Å²) in [6, 6.07) is 6.71. The number of fused-ring (bicyclic) bond motifs is 2. The van der Waals surface area contributed by atoms with Gasteiger partial charge >= 0.3 is 0 Å². The van der Waals surface area contributed by atoms with Gasteiger partial charge in [-0.25, -0.2) is 8.42 Å². The monoisotopic (exact) mass is 438 g/mol. The Labute approximate surface area is 176 Å². The van der Waals surface area contributed by atoms with E-state index in [0.29, 0.717) is 0 Å². The van der Waals surface area contributed by atoms with Crippen LogP contribution in [0.3, 0.4) is 0 Å². The summed E-state index contributed by atoms with van der Waals surface area (Å²) in [6.07, 6.45) is 0. The predicted molar refractivity (Wildman–Crippen MR) is 104 cm³/mol. The average Bonchev–Trinajstić information content (AvgIpc) is 3.11. The van der Waals surface area contributed by atoms with Gasteiger partial charge in [0.25, 0.3) is 0 Å². The van der Waals surface area contributed by atoms with Crippen molar-refractivity contribution in [3.05, 3.63) is 58.7 Å². The molecule has 2 atom stereocenters. The molecule has 2 unspecified atom stereocenters. The molecule has 2 aliphatic rings. The van der Waals surface area contributed by atoms with Crippen molar-refractivity contribution in [2.24, 2.45) is 11.8 Å². The fraction of sp³-hybridized carbons (Fsp3) is 0.182. The van der Waals surface area contributed by atoms with Crippen LogP contribution in [0.15, 0.2) is 46.2 Å². The second-order valence-electron chi connectivity index (χ2n) is 7.46. The number of sulfone groups is 1. The highest BCUT2D eigenvalue weighted by Crippen LogP contribution is 2.34. The molecular weight excluding hydrogens is 424 g/mol. The third-order valence-corrected chi connectivity index (χ3v) is 7.28. The zero-order chi connectivity index (χ0) is 22.8. The molecule has 0 spiro atoms.